The van der Waals surface area contributed by atoms with Crippen LogP contribution in [0.3, 0.4) is 0 Å². The number of carbonyl (C=O) groups is 1. The molecule has 1 saturated heterocycles. The average Bonchev–Trinajstić information content (AvgIpc) is 3.20. The van der Waals surface area contributed by atoms with E-state index >= 15 is 0 Å². The van der Waals surface area contributed by atoms with E-state index in [9.17, 15) is 4.79 Å². The summed E-state index contributed by atoms with van der Waals surface area (Å²) in [6.07, 6.45) is 2.79. The molecule has 3 rings (SSSR count). The number of nitrogens with zero attached hydrogens (tertiary/aromatic N) is 1. The number of likely N-dealkylation sites (tertiary alicyclic amines) is 1. The summed E-state index contributed by atoms with van der Waals surface area (Å²) in [5.74, 6) is 1.36. The fourth-order valence-corrected chi connectivity index (χ4v) is 3.21. The van der Waals surface area contributed by atoms with E-state index in [1.165, 1.54) is 0 Å². The monoisotopic (exact) mass is 332 g/mol. The number of hydrogen-bond donors (Lipinski definition) is 1. The zero-order valence-electron chi connectivity index (χ0n) is 13.2. The van der Waals surface area contributed by atoms with Gasteiger partial charge in [0.2, 0.25) is 0 Å². The Morgan fingerprint density at radius 3 is 3.04 bits per heavy atom. The van der Waals surface area contributed by atoms with Gasteiger partial charge in [0.15, 0.2) is 0 Å². The molecule has 0 unspecified atom stereocenters. The lowest BCUT2D eigenvalue weighted by Gasteiger charge is -2.15. The van der Waals surface area contributed by atoms with Crippen molar-refractivity contribution in [1.82, 2.24) is 10.2 Å². The molecule has 0 radical (unpaired) electrons. The van der Waals surface area contributed by atoms with Crippen molar-refractivity contribution < 1.29 is 9.21 Å². The number of hydrogen-bond acceptors (Lipinski definition) is 3. The highest BCUT2D eigenvalue weighted by atomic mass is 35.5. The van der Waals surface area contributed by atoms with Crippen LogP contribution in [0, 0.1) is 12.8 Å². The van der Waals surface area contributed by atoms with Crippen molar-refractivity contribution in [2.45, 2.75) is 19.9 Å². The van der Waals surface area contributed by atoms with Crippen LogP contribution < -0.4 is 5.32 Å². The Labute approximate surface area is 141 Å². The maximum atomic E-state index is 12.3. The fourth-order valence-electron chi connectivity index (χ4n) is 3.00. The van der Waals surface area contributed by atoms with Gasteiger partial charge in [0.1, 0.15) is 5.76 Å². The summed E-state index contributed by atoms with van der Waals surface area (Å²) in [6, 6.07) is 9.44. The van der Waals surface area contributed by atoms with Crippen LogP contribution >= 0.6 is 11.6 Å². The van der Waals surface area contributed by atoms with Gasteiger partial charge in [-0.25, -0.2) is 0 Å². The van der Waals surface area contributed by atoms with Crippen molar-refractivity contribution in [3.63, 3.8) is 0 Å². The van der Waals surface area contributed by atoms with Gasteiger partial charge in [-0.2, -0.15) is 0 Å². The van der Waals surface area contributed by atoms with Crippen molar-refractivity contribution in [1.29, 1.82) is 0 Å². The third-order valence-corrected chi connectivity index (χ3v) is 4.82. The molecule has 2 aromatic rings. The van der Waals surface area contributed by atoms with Gasteiger partial charge in [0.05, 0.1) is 23.4 Å². The first-order valence-electron chi connectivity index (χ1n) is 7.91. The van der Waals surface area contributed by atoms with Gasteiger partial charge in [-0.05, 0) is 49.6 Å². The van der Waals surface area contributed by atoms with E-state index in [1.54, 1.807) is 12.3 Å². The lowest BCUT2D eigenvalue weighted by atomic mass is 10.1. The van der Waals surface area contributed by atoms with Crippen LogP contribution in [-0.2, 0) is 6.54 Å². The van der Waals surface area contributed by atoms with E-state index in [0.29, 0.717) is 23.0 Å². The molecule has 1 aliphatic rings. The van der Waals surface area contributed by atoms with Crippen LogP contribution in [-0.4, -0.2) is 30.4 Å². The first-order valence-corrected chi connectivity index (χ1v) is 8.29. The van der Waals surface area contributed by atoms with Crippen LogP contribution in [0.5, 0.6) is 0 Å². The minimum absolute atomic E-state index is 0.0943. The minimum atomic E-state index is -0.0943. The molecule has 5 heteroatoms. The molecule has 2 heterocycles. The van der Waals surface area contributed by atoms with Gasteiger partial charge in [-0.1, -0.05) is 23.7 Å². The summed E-state index contributed by atoms with van der Waals surface area (Å²) >= 11 is 6.21. The molecular weight excluding hydrogens is 312 g/mol. The number of amides is 1. The van der Waals surface area contributed by atoms with Crippen molar-refractivity contribution in [3.05, 3.63) is 58.5 Å². The predicted octanol–water partition coefficient (Wildman–Crippen LogP) is 3.49. The highest BCUT2D eigenvalue weighted by molar-refractivity contribution is 6.34. The Morgan fingerprint density at radius 2 is 2.26 bits per heavy atom. The van der Waals surface area contributed by atoms with Crippen LogP contribution in [0.1, 0.15) is 28.1 Å². The van der Waals surface area contributed by atoms with Gasteiger partial charge in [0, 0.05) is 13.1 Å². The molecule has 1 fully saturated rings. The van der Waals surface area contributed by atoms with Gasteiger partial charge in [-0.3, -0.25) is 9.69 Å². The van der Waals surface area contributed by atoms with E-state index in [4.69, 9.17) is 16.0 Å². The largest absolute Gasteiger partial charge is 0.468 e. The van der Waals surface area contributed by atoms with Crippen molar-refractivity contribution in [3.8, 4) is 0 Å². The Bertz CT molecular complexity index is 670. The van der Waals surface area contributed by atoms with E-state index in [-0.39, 0.29) is 5.91 Å². The quantitative estimate of drug-likeness (QED) is 0.911. The number of nitrogens with one attached hydrogen (secondary N) is 1. The van der Waals surface area contributed by atoms with E-state index < -0.39 is 0 Å². The van der Waals surface area contributed by atoms with E-state index in [0.717, 1.165) is 37.4 Å². The van der Waals surface area contributed by atoms with E-state index in [1.807, 2.05) is 31.2 Å². The molecule has 1 aromatic heterocycles. The van der Waals surface area contributed by atoms with Crippen LogP contribution in [0.15, 0.2) is 41.0 Å². The molecule has 0 aliphatic carbocycles. The molecule has 0 bridgehead atoms. The van der Waals surface area contributed by atoms with Crippen molar-refractivity contribution in [2.24, 2.45) is 5.92 Å². The normalized spacial score (nSPS) is 18.3. The number of halogens is 1. The smallest absolute Gasteiger partial charge is 0.252 e. The van der Waals surface area contributed by atoms with Gasteiger partial charge >= 0.3 is 0 Å². The number of carbonyl (C=O) groups excluding carboxylic acids is 1. The van der Waals surface area contributed by atoms with Gasteiger partial charge in [-0.15, -0.1) is 0 Å². The molecule has 0 saturated carbocycles. The minimum Gasteiger partial charge on any atom is -0.468 e. The first-order chi connectivity index (χ1) is 11.1. The van der Waals surface area contributed by atoms with E-state index in [2.05, 4.69) is 10.2 Å². The standard InChI is InChI=1S/C18H21ClN2O2/c1-13-4-2-6-16(17(13)19)18(22)20-10-14-7-8-21(11-14)12-15-5-3-9-23-15/h2-6,9,14H,7-8,10-12H2,1H3,(H,20,22)/t14-/m1/s1. The summed E-state index contributed by atoms with van der Waals surface area (Å²) in [4.78, 5) is 14.6. The molecule has 1 N–H and O–H groups in total. The number of benzene rings is 1. The summed E-state index contributed by atoms with van der Waals surface area (Å²) in [6.45, 7) is 5.43. The summed E-state index contributed by atoms with van der Waals surface area (Å²) in [5, 5.41) is 3.55. The zero-order valence-corrected chi connectivity index (χ0v) is 14.0. The summed E-state index contributed by atoms with van der Waals surface area (Å²) < 4.78 is 5.38. The number of furan rings is 1. The second-order valence-electron chi connectivity index (χ2n) is 6.12. The zero-order chi connectivity index (χ0) is 16.2. The number of rotatable bonds is 5. The van der Waals surface area contributed by atoms with Gasteiger partial charge in [0.25, 0.3) is 5.91 Å². The summed E-state index contributed by atoms with van der Waals surface area (Å²) in [5.41, 5.74) is 1.47. The van der Waals surface area contributed by atoms with Crippen molar-refractivity contribution >= 4 is 17.5 Å². The summed E-state index contributed by atoms with van der Waals surface area (Å²) in [7, 11) is 0. The Balaban J connectivity index is 1.49. The van der Waals surface area contributed by atoms with Crippen LogP contribution in [0.4, 0.5) is 0 Å². The molecule has 4 nitrogen and oxygen atoms in total. The second kappa shape index (κ2) is 7.20. The molecule has 23 heavy (non-hydrogen) atoms. The first kappa shape index (κ1) is 16.1. The molecule has 122 valence electrons. The molecule has 1 aliphatic heterocycles. The van der Waals surface area contributed by atoms with Crippen molar-refractivity contribution in [2.75, 3.05) is 19.6 Å². The highest BCUT2D eigenvalue weighted by Gasteiger charge is 2.24. The lowest BCUT2D eigenvalue weighted by molar-refractivity contribution is 0.0947. The third-order valence-electron chi connectivity index (χ3n) is 4.32. The Kier molecular flexibility index (Phi) is 5.03. The Hall–Kier alpha value is -1.78. The predicted molar refractivity (Wildman–Crippen MR) is 90.6 cm³/mol. The maximum absolute atomic E-state index is 12.3. The average molecular weight is 333 g/mol. The molecule has 1 atom stereocenters. The maximum Gasteiger partial charge on any atom is 0.252 e. The second-order valence-corrected chi connectivity index (χ2v) is 6.49. The molecule has 0 spiro atoms. The highest BCUT2D eigenvalue weighted by Crippen LogP contribution is 2.21. The third kappa shape index (κ3) is 3.95. The number of aryl methyl sites for hydroxylation is 1. The Morgan fingerprint density at radius 1 is 1.39 bits per heavy atom. The molecule has 1 amide bonds. The molecular formula is C18H21ClN2O2. The molecule has 1 aromatic carbocycles. The topological polar surface area (TPSA) is 45.5 Å². The fraction of sp³-hybridized carbons (Fsp3) is 0.389. The van der Waals surface area contributed by atoms with Gasteiger partial charge < -0.3 is 9.73 Å². The van der Waals surface area contributed by atoms with Crippen LogP contribution in [0.2, 0.25) is 5.02 Å². The lowest BCUT2D eigenvalue weighted by Crippen LogP contribution is -2.31. The SMILES string of the molecule is Cc1cccc(C(=O)NC[C@H]2CCN(Cc3ccco3)C2)c1Cl. The van der Waals surface area contributed by atoms with Crippen LogP contribution in [0.25, 0.3) is 0 Å².